The minimum absolute atomic E-state index is 0.0213. The fourth-order valence-corrected chi connectivity index (χ4v) is 5.39. The minimum Gasteiger partial charge on any atom is -0.453 e. The number of carbonyl (C=O) groups excluding carboxylic acids is 5. The smallest absolute Gasteiger partial charge is 0.417 e. The lowest BCUT2D eigenvalue weighted by molar-refractivity contribution is -0.176. The molecule has 0 aromatic heterocycles. The van der Waals surface area contributed by atoms with Crippen molar-refractivity contribution < 1.29 is 50.7 Å². The third kappa shape index (κ3) is 8.26. The molecular formula is C25H35F5N4O6. The largest absolute Gasteiger partial charge is 0.453 e. The number of hydrogen-bond acceptors (Lipinski definition) is 6. The predicted molar refractivity (Wildman–Crippen MR) is 129 cm³/mol. The number of hydrogen-bond donors (Lipinski definition) is 3. The van der Waals surface area contributed by atoms with Gasteiger partial charge in [0.1, 0.15) is 6.04 Å². The number of methoxy groups -OCH3 is 1. The minimum atomic E-state index is -5.22. The molecule has 1 saturated heterocycles. The Morgan fingerprint density at radius 3 is 2.15 bits per heavy atom. The van der Waals surface area contributed by atoms with Crippen LogP contribution in [-0.2, 0) is 23.9 Å². The van der Waals surface area contributed by atoms with E-state index in [1.807, 2.05) is 0 Å². The number of nitrogens with one attached hydrogen (secondary N) is 3. The Kier molecular flexibility index (Phi) is 9.66. The molecule has 1 heterocycles. The summed E-state index contributed by atoms with van der Waals surface area (Å²) in [6.07, 6.45) is -3.51. The first-order chi connectivity index (χ1) is 18.5. The Bertz CT molecular complexity index is 991. The van der Waals surface area contributed by atoms with Gasteiger partial charge < -0.3 is 25.6 Å². The molecule has 0 aromatic carbocycles. The van der Waals surface area contributed by atoms with E-state index in [-0.39, 0.29) is 19.0 Å². The van der Waals surface area contributed by atoms with Gasteiger partial charge >= 0.3 is 12.3 Å². The van der Waals surface area contributed by atoms with Gasteiger partial charge in [0.25, 0.3) is 11.8 Å². The summed E-state index contributed by atoms with van der Waals surface area (Å²) in [5, 5.41) is 6.18. The molecule has 10 nitrogen and oxygen atoms in total. The van der Waals surface area contributed by atoms with Gasteiger partial charge in [-0.3, -0.25) is 19.2 Å². The summed E-state index contributed by atoms with van der Waals surface area (Å²) < 4.78 is 72.9. The molecule has 0 radical (unpaired) electrons. The maximum atomic E-state index is 13.8. The lowest BCUT2D eigenvalue weighted by Gasteiger charge is -2.33. The van der Waals surface area contributed by atoms with Gasteiger partial charge in [0, 0.05) is 19.0 Å². The second-order valence-corrected chi connectivity index (χ2v) is 11.1. The molecule has 40 heavy (non-hydrogen) atoms. The summed E-state index contributed by atoms with van der Waals surface area (Å²) in [6, 6.07) is -6.40. The molecule has 3 atom stereocenters. The van der Waals surface area contributed by atoms with Crippen LogP contribution in [0.25, 0.3) is 0 Å². The first-order valence-corrected chi connectivity index (χ1v) is 13.3. The lowest BCUT2D eigenvalue weighted by atomic mass is 9.72. The van der Waals surface area contributed by atoms with Crippen LogP contribution in [0, 0.1) is 5.41 Å². The highest BCUT2D eigenvalue weighted by Crippen LogP contribution is 2.47. The Morgan fingerprint density at radius 1 is 1.00 bits per heavy atom. The normalized spacial score (nSPS) is 22.3. The summed E-state index contributed by atoms with van der Waals surface area (Å²) in [7, 11) is 0.826. The number of carbonyl (C=O) groups is 5. The van der Waals surface area contributed by atoms with Crippen molar-refractivity contribution in [3.8, 4) is 0 Å². The van der Waals surface area contributed by atoms with Crippen molar-refractivity contribution in [1.29, 1.82) is 0 Å². The van der Waals surface area contributed by atoms with Gasteiger partial charge in [-0.1, -0.05) is 19.3 Å². The standard InChI is InChI=1S/C25H35F5N4O6/c1-23(26,27)11-8-15(17(35)20(37)31-14-6-7-14)32-19(36)16-12-24(9-4-3-5-10-24)13-34(16)21(38)18(25(28,29)30)33-22(39)40-2/h14-16,18H,3-13H2,1-2H3,(H,31,37)(H,32,36)(H,33,39)/t15-,16-,18+/m0/s1. The van der Waals surface area contributed by atoms with E-state index >= 15 is 0 Å². The number of nitrogens with zero attached hydrogens (tertiary/aromatic N) is 1. The van der Waals surface area contributed by atoms with Crippen molar-refractivity contribution in [3.63, 3.8) is 0 Å². The van der Waals surface area contributed by atoms with Crippen LogP contribution in [-0.4, -0.2) is 84.4 Å². The van der Waals surface area contributed by atoms with Crippen LogP contribution in [0.5, 0.6) is 0 Å². The van der Waals surface area contributed by atoms with E-state index in [9.17, 15) is 45.9 Å². The average molecular weight is 583 g/mol. The summed E-state index contributed by atoms with van der Waals surface area (Å²) >= 11 is 0. The Balaban J connectivity index is 1.87. The van der Waals surface area contributed by atoms with Gasteiger partial charge in [-0.25, -0.2) is 13.6 Å². The third-order valence-electron chi connectivity index (χ3n) is 7.67. The zero-order valence-corrected chi connectivity index (χ0v) is 22.4. The first kappa shape index (κ1) is 31.5. The van der Waals surface area contributed by atoms with Crippen LogP contribution in [0.15, 0.2) is 0 Å². The van der Waals surface area contributed by atoms with Gasteiger partial charge in [-0.2, -0.15) is 13.2 Å². The molecular weight excluding hydrogens is 547 g/mol. The van der Waals surface area contributed by atoms with Crippen LogP contribution in [0.4, 0.5) is 26.7 Å². The molecule has 2 saturated carbocycles. The average Bonchev–Trinajstić information content (AvgIpc) is 3.61. The number of Topliss-reactive ketones (excluding diaryl/α,β-unsaturated/α-hetero) is 1. The van der Waals surface area contributed by atoms with Crippen molar-refractivity contribution in [2.24, 2.45) is 5.41 Å². The fourth-order valence-electron chi connectivity index (χ4n) is 5.39. The van der Waals surface area contributed by atoms with Crippen LogP contribution in [0.1, 0.15) is 71.1 Å². The van der Waals surface area contributed by atoms with Crippen LogP contribution < -0.4 is 16.0 Å². The number of amides is 4. The highest BCUT2D eigenvalue weighted by atomic mass is 19.4. The van der Waals surface area contributed by atoms with Crippen molar-refractivity contribution >= 4 is 29.6 Å². The van der Waals surface area contributed by atoms with Crippen molar-refractivity contribution in [3.05, 3.63) is 0 Å². The van der Waals surface area contributed by atoms with E-state index in [1.165, 1.54) is 5.32 Å². The third-order valence-corrected chi connectivity index (χ3v) is 7.67. The first-order valence-electron chi connectivity index (χ1n) is 13.3. The zero-order valence-electron chi connectivity index (χ0n) is 22.4. The van der Waals surface area contributed by atoms with Gasteiger partial charge in [0.2, 0.25) is 23.7 Å². The SMILES string of the molecule is COC(=O)N[C@H](C(=O)N1CC2(CCCCC2)C[C@H]1C(=O)N[C@@H](CCC(C)(F)F)C(=O)C(=O)NC1CC1)C(F)(F)F. The molecule has 0 aromatic rings. The summed E-state index contributed by atoms with van der Waals surface area (Å²) in [4.78, 5) is 64.2. The summed E-state index contributed by atoms with van der Waals surface area (Å²) in [5.41, 5.74) is -0.670. The van der Waals surface area contributed by atoms with E-state index in [1.54, 1.807) is 0 Å². The van der Waals surface area contributed by atoms with Crippen molar-refractivity contribution in [2.45, 2.75) is 107 Å². The summed E-state index contributed by atoms with van der Waals surface area (Å²) in [5.74, 6) is -8.07. The molecule has 3 rings (SSSR count). The number of alkyl halides is 5. The van der Waals surface area contributed by atoms with Gasteiger partial charge in [-0.15, -0.1) is 0 Å². The molecule has 4 amide bonds. The quantitative estimate of drug-likeness (QED) is 0.268. The number of ether oxygens (including phenoxy) is 1. The lowest BCUT2D eigenvalue weighted by Crippen LogP contribution is -2.59. The van der Waals surface area contributed by atoms with Crippen molar-refractivity contribution in [1.82, 2.24) is 20.9 Å². The van der Waals surface area contributed by atoms with E-state index < -0.39 is 78.1 Å². The second kappa shape index (κ2) is 12.2. The van der Waals surface area contributed by atoms with Gasteiger partial charge in [0.05, 0.1) is 13.2 Å². The van der Waals surface area contributed by atoms with Crippen LogP contribution in [0.2, 0.25) is 0 Å². The predicted octanol–water partition coefficient (Wildman–Crippen LogP) is 2.59. The molecule has 1 spiro atoms. The number of alkyl carbamates (subject to hydrolysis) is 1. The van der Waals surface area contributed by atoms with Gasteiger partial charge in [0.15, 0.2) is 0 Å². The Labute approximate surface area is 228 Å². The van der Waals surface area contributed by atoms with Crippen molar-refractivity contribution in [2.75, 3.05) is 13.7 Å². The molecule has 0 bridgehead atoms. The molecule has 3 N–H and O–H groups in total. The van der Waals surface area contributed by atoms with E-state index in [0.717, 1.165) is 31.3 Å². The van der Waals surface area contributed by atoms with E-state index in [2.05, 4.69) is 15.4 Å². The zero-order chi connectivity index (χ0) is 29.9. The highest BCUT2D eigenvalue weighted by molar-refractivity contribution is 6.38. The molecule has 1 aliphatic heterocycles. The molecule has 2 aliphatic carbocycles. The number of halogens is 5. The highest BCUT2D eigenvalue weighted by Gasteiger charge is 2.55. The Morgan fingerprint density at radius 2 is 1.62 bits per heavy atom. The Hall–Kier alpha value is -3.00. The monoisotopic (exact) mass is 582 g/mol. The molecule has 3 aliphatic rings. The molecule has 0 unspecified atom stereocenters. The second-order valence-electron chi connectivity index (χ2n) is 11.1. The van der Waals surface area contributed by atoms with Crippen LogP contribution >= 0.6 is 0 Å². The maximum Gasteiger partial charge on any atom is 0.417 e. The van der Waals surface area contributed by atoms with E-state index in [0.29, 0.717) is 32.6 Å². The van der Waals surface area contributed by atoms with Gasteiger partial charge in [-0.05, 0) is 50.9 Å². The molecule has 3 fully saturated rings. The number of likely N-dealkylation sites (tertiary alicyclic amines) is 1. The topological polar surface area (TPSA) is 134 Å². The van der Waals surface area contributed by atoms with E-state index in [4.69, 9.17) is 0 Å². The number of rotatable bonds is 10. The summed E-state index contributed by atoms with van der Waals surface area (Å²) in [6.45, 7) is 0.406. The fraction of sp³-hybridized carbons (Fsp3) is 0.800. The van der Waals surface area contributed by atoms with Crippen LogP contribution in [0.3, 0.4) is 0 Å². The number of ketones is 1. The molecule has 226 valence electrons. The maximum absolute atomic E-state index is 13.8. The molecule has 15 heteroatoms.